The predicted molar refractivity (Wildman–Crippen MR) is 188 cm³/mol. The molecule has 0 amide bonds. The molecule has 286 valence electrons. The lowest BCUT2D eigenvalue weighted by Crippen LogP contribution is -2.39. The van der Waals surface area contributed by atoms with Crippen molar-refractivity contribution in [2.75, 3.05) is 65.2 Å². The highest BCUT2D eigenvalue weighted by Gasteiger charge is 2.26. The van der Waals surface area contributed by atoms with E-state index in [4.69, 9.17) is 24.1 Å². The van der Waals surface area contributed by atoms with E-state index >= 15 is 0 Å². The van der Waals surface area contributed by atoms with Gasteiger partial charge in [0, 0.05) is 41.0 Å². The number of aliphatic hydroxyl groups excluding tert-OH is 2. The van der Waals surface area contributed by atoms with Gasteiger partial charge in [0.15, 0.2) is 6.04 Å². The van der Waals surface area contributed by atoms with Gasteiger partial charge in [-0.3, -0.25) is 0 Å². The first kappa shape index (κ1) is 43.0. The van der Waals surface area contributed by atoms with Gasteiger partial charge < -0.3 is 59.7 Å². The normalized spacial score (nSPS) is 12.5. The summed E-state index contributed by atoms with van der Waals surface area (Å²) in [7, 11) is 8.18. The number of nitrogens with one attached hydrogen (secondary N) is 3. The predicted octanol–water partition coefficient (Wildman–Crippen LogP) is 0.822. The van der Waals surface area contributed by atoms with Crippen LogP contribution in [-0.2, 0) is 35.0 Å². The molecular weight excluding hydrogens is 751 g/mol. The number of nitrogens with zero attached hydrogens (tertiary/aromatic N) is 6. The average Bonchev–Trinajstić information content (AvgIpc) is 3.94. The molecule has 0 aliphatic rings. The van der Waals surface area contributed by atoms with Crippen LogP contribution < -0.4 is 30.2 Å². The molecule has 0 aliphatic heterocycles. The number of ether oxygens (including phenoxy) is 6. The Kier molecular flexibility index (Phi) is 18.7. The molecule has 3 aromatic heterocycles. The summed E-state index contributed by atoms with van der Waals surface area (Å²) in [4.78, 5) is 46.2. The summed E-state index contributed by atoms with van der Waals surface area (Å²) in [6, 6.07) is 4.98. The fourth-order valence-corrected chi connectivity index (χ4v) is 5.28. The number of phenols is 1. The summed E-state index contributed by atoms with van der Waals surface area (Å²) in [5, 5.41) is 37.2. The molecule has 6 N–H and O–H groups in total. The van der Waals surface area contributed by atoms with Gasteiger partial charge in [-0.05, 0) is 24.6 Å². The van der Waals surface area contributed by atoms with E-state index in [1.165, 1.54) is 49.6 Å². The van der Waals surface area contributed by atoms with Gasteiger partial charge in [-0.15, -0.1) is 13.1 Å². The molecule has 0 bridgehead atoms. The number of carbonyl (C=O) groups excluding carboxylic acids is 3. The first-order valence-electron chi connectivity index (χ1n) is 14.6. The van der Waals surface area contributed by atoms with Crippen LogP contribution in [0.3, 0.4) is 0 Å². The summed E-state index contributed by atoms with van der Waals surface area (Å²) >= 11 is 3.16. The number of aromatic nitrogens is 6. The largest absolute Gasteiger partial charge is 0.508 e. The number of hydrogen-bond donors (Lipinski definition) is 6. The van der Waals surface area contributed by atoms with Gasteiger partial charge in [0.25, 0.3) is 0 Å². The van der Waals surface area contributed by atoms with E-state index in [0.717, 1.165) is 40.2 Å². The summed E-state index contributed by atoms with van der Waals surface area (Å²) in [5.41, 5.74) is 0.882. The zero-order chi connectivity index (χ0) is 38.6. The van der Waals surface area contributed by atoms with Crippen molar-refractivity contribution in [1.82, 2.24) is 28.1 Å². The molecule has 3 heterocycles. The maximum absolute atomic E-state index is 11.9. The Morgan fingerprint density at radius 2 is 1.08 bits per heavy atom. The van der Waals surface area contributed by atoms with Gasteiger partial charge in [0.2, 0.25) is 15.4 Å². The molecule has 0 fully saturated rings. The van der Waals surface area contributed by atoms with Crippen molar-refractivity contribution in [2.24, 2.45) is 0 Å². The van der Waals surface area contributed by atoms with E-state index < -0.39 is 42.1 Å². The van der Waals surface area contributed by atoms with Crippen molar-refractivity contribution in [2.45, 2.75) is 37.6 Å². The number of aliphatic hydroxyl groups is 2. The lowest BCUT2D eigenvalue weighted by Gasteiger charge is -2.17. The number of phenolic OH excluding ortho intramolecular Hbond substituents is 1. The number of rotatable bonds is 16. The maximum atomic E-state index is 11.9. The first-order valence-corrected chi connectivity index (χ1v) is 17.0. The second kappa shape index (κ2) is 22.6. The van der Waals surface area contributed by atoms with Crippen LogP contribution in [0.15, 0.2) is 24.3 Å². The van der Waals surface area contributed by atoms with E-state index in [1.807, 2.05) is 0 Å². The minimum atomic E-state index is -0.901. The van der Waals surface area contributed by atoms with Crippen LogP contribution in [0.5, 0.6) is 23.8 Å². The van der Waals surface area contributed by atoms with E-state index in [0.29, 0.717) is 21.8 Å². The summed E-state index contributed by atoms with van der Waals surface area (Å²) in [6.07, 6.45) is -0.503. The lowest BCUT2D eigenvalue weighted by molar-refractivity contribution is -0.144. The minimum Gasteiger partial charge on any atom is -0.508 e. The fourth-order valence-electron chi connectivity index (χ4n) is 3.51. The molecule has 21 nitrogen and oxygen atoms in total. The zero-order valence-electron chi connectivity index (χ0n) is 29.0. The Bertz CT molecular complexity index is 1660. The van der Waals surface area contributed by atoms with Crippen molar-refractivity contribution in [3.05, 3.63) is 29.8 Å². The van der Waals surface area contributed by atoms with E-state index in [1.54, 1.807) is 24.3 Å². The molecule has 52 heavy (non-hydrogen) atoms. The second-order valence-corrected chi connectivity index (χ2v) is 11.9. The van der Waals surface area contributed by atoms with Gasteiger partial charge in [-0.1, -0.05) is 12.1 Å². The van der Waals surface area contributed by atoms with Gasteiger partial charge >= 0.3 is 35.9 Å². The number of esters is 3. The molecule has 0 unspecified atom stereocenters. The molecule has 4 rings (SSSR count). The fraction of sp³-hybridized carbons (Fsp3) is 0.464. The third kappa shape index (κ3) is 14.2. The quantitative estimate of drug-likeness (QED) is 0.0677. The van der Waals surface area contributed by atoms with Gasteiger partial charge in [0.1, 0.15) is 17.8 Å². The van der Waals surface area contributed by atoms with E-state index in [9.17, 15) is 24.6 Å². The van der Waals surface area contributed by atoms with Crippen LogP contribution >= 0.6 is 34.6 Å². The number of aromatic hydroxyl groups is 1. The molecule has 4 atom stereocenters. The Hall–Kier alpha value is -5.17. The average molecular weight is 790 g/mol. The van der Waals surface area contributed by atoms with Crippen LogP contribution in [0, 0.1) is 0 Å². The minimum absolute atomic E-state index is 0.176. The van der Waals surface area contributed by atoms with Crippen molar-refractivity contribution >= 4 is 67.9 Å². The Morgan fingerprint density at radius 1 is 0.673 bits per heavy atom. The number of methoxy groups -OCH3 is 6. The van der Waals surface area contributed by atoms with Crippen molar-refractivity contribution < 1.29 is 58.1 Å². The summed E-state index contributed by atoms with van der Waals surface area (Å²) < 4.78 is 39.9. The summed E-state index contributed by atoms with van der Waals surface area (Å²) in [6.45, 7) is 1.10. The summed E-state index contributed by atoms with van der Waals surface area (Å²) in [5.74, 6) is -1.36. The molecule has 4 aromatic rings. The standard InChI is InChI=1S/C13H15N3O4S.C8H13N3O4S.C7H11N3O4S/c1-19-11(18)10(7-8-3-5-9(17)6-4-8)14-13-15-12(20-2)16-21-13;1-4(12)5(6(13)14-2)9-8-10-7(15-3)11-16-8;1-13-5(12)4(3-11)8-7-9-6(14-2)10-15-7/h3-6,10,17H,7H2,1-2H3,(H,14,15,16);4-5,12H,1-3H3,(H,9,10,11);4,11H,3H2,1-2H3,(H,8,9,10)/t10-;4-,5+;4-/m010/s1. The van der Waals surface area contributed by atoms with Gasteiger partial charge in [0.05, 0.1) is 55.4 Å². The monoisotopic (exact) mass is 789 g/mol. The Labute approximate surface area is 309 Å². The van der Waals surface area contributed by atoms with Crippen LogP contribution in [0.25, 0.3) is 0 Å². The first-order chi connectivity index (χ1) is 24.9. The highest BCUT2D eigenvalue weighted by molar-refractivity contribution is 7.10. The maximum Gasteiger partial charge on any atom is 0.331 e. The van der Waals surface area contributed by atoms with Gasteiger partial charge in [-0.2, -0.15) is 15.0 Å². The Morgan fingerprint density at radius 3 is 1.44 bits per heavy atom. The third-order valence-corrected chi connectivity index (χ3v) is 8.00. The number of anilines is 3. The molecular formula is C28H39N9O12S3. The zero-order valence-corrected chi connectivity index (χ0v) is 31.4. The third-order valence-electron chi connectivity index (χ3n) is 6.11. The topological polar surface area (TPSA) is 281 Å². The van der Waals surface area contributed by atoms with Gasteiger partial charge in [-0.25, -0.2) is 14.4 Å². The van der Waals surface area contributed by atoms with Crippen molar-refractivity contribution in [1.29, 1.82) is 0 Å². The molecule has 0 saturated carbocycles. The molecule has 0 saturated heterocycles. The smallest absolute Gasteiger partial charge is 0.331 e. The Balaban J connectivity index is 0.000000276. The van der Waals surface area contributed by atoms with Crippen LogP contribution in [0.2, 0.25) is 0 Å². The highest BCUT2D eigenvalue weighted by atomic mass is 32.1. The van der Waals surface area contributed by atoms with E-state index in [-0.39, 0.29) is 30.4 Å². The lowest BCUT2D eigenvalue weighted by atomic mass is 10.1. The second-order valence-electron chi connectivity index (χ2n) is 9.64. The number of hydrogen-bond acceptors (Lipinski definition) is 24. The van der Waals surface area contributed by atoms with Crippen molar-refractivity contribution in [3.8, 4) is 23.8 Å². The van der Waals surface area contributed by atoms with Crippen molar-refractivity contribution in [3.63, 3.8) is 0 Å². The molecule has 0 spiro atoms. The van der Waals surface area contributed by atoms with E-state index in [2.05, 4.69) is 53.5 Å². The highest BCUT2D eigenvalue weighted by Crippen LogP contribution is 2.20. The SMILES string of the molecule is COC(=O)[C@@H](Nc1nc(OC)ns1)[C@@H](C)O.COC(=O)[C@H](CO)Nc1nc(OC)ns1.COC(=O)[C@H](Cc1ccc(O)cc1)Nc1nc(OC)ns1. The number of carbonyl (C=O) groups is 3. The molecule has 1 aromatic carbocycles. The molecule has 24 heteroatoms. The van der Waals surface area contributed by atoms with Crippen LogP contribution in [-0.4, -0.2) is 135 Å². The number of benzene rings is 1. The van der Waals surface area contributed by atoms with Crippen LogP contribution in [0.1, 0.15) is 12.5 Å². The molecule has 0 radical (unpaired) electrons. The van der Waals surface area contributed by atoms with Crippen LogP contribution in [0.4, 0.5) is 15.4 Å². The molecule has 0 aliphatic carbocycles.